The molecule has 0 aromatic carbocycles. The monoisotopic (exact) mass is 183 g/mol. The van der Waals surface area contributed by atoms with Gasteiger partial charge in [0.25, 0.3) is 0 Å². The highest BCUT2D eigenvalue weighted by molar-refractivity contribution is 5.98. The van der Waals surface area contributed by atoms with Crippen LogP contribution in [-0.4, -0.2) is 25.0 Å². The molecule has 5 nitrogen and oxygen atoms in total. The zero-order valence-electron chi connectivity index (χ0n) is 7.54. The molecular formula is C8H13N3O2. The minimum absolute atomic E-state index is 0.184. The van der Waals surface area contributed by atoms with Gasteiger partial charge in [-0.25, -0.2) is 6.57 Å². The van der Waals surface area contributed by atoms with E-state index in [1.54, 1.807) is 6.92 Å². The van der Waals surface area contributed by atoms with Gasteiger partial charge in [-0.2, -0.15) is 0 Å². The molecule has 0 aliphatic heterocycles. The van der Waals surface area contributed by atoms with E-state index >= 15 is 0 Å². The molecule has 1 atom stereocenters. The summed E-state index contributed by atoms with van der Waals surface area (Å²) < 4.78 is 4.70. The molecule has 0 amide bonds. The van der Waals surface area contributed by atoms with Gasteiger partial charge in [0.1, 0.15) is 11.8 Å². The standard InChI is InChI=1S/C8H13N3O2/c1-3-13-8(12)6(7(9)10)4-5-11-2/h6H,3-5H2,1H3,(H3,9,10). The van der Waals surface area contributed by atoms with E-state index in [1.165, 1.54) is 0 Å². The molecule has 0 aromatic rings. The Balaban J connectivity index is 4.17. The summed E-state index contributed by atoms with van der Waals surface area (Å²) in [5, 5.41) is 7.11. The number of hydrogen-bond acceptors (Lipinski definition) is 3. The van der Waals surface area contributed by atoms with Crippen molar-refractivity contribution in [3.63, 3.8) is 0 Å². The zero-order chi connectivity index (χ0) is 10.3. The number of hydrogen-bond donors (Lipinski definition) is 2. The summed E-state index contributed by atoms with van der Waals surface area (Å²) in [5.74, 6) is -1.50. The molecule has 0 saturated heterocycles. The van der Waals surface area contributed by atoms with Gasteiger partial charge in [-0.05, 0) is 6.92 Å². The lowest BCUT2D eigenvalue weighted by molar-refractivity contribution is -0.145. The van der Waals surface area contributed by atoms with Crippen LogP contribution < -0.4 is 5.73 Å². The number of nitrogens with two attached hydrogens (primary N) is 1. The third-order valence-corrected chi connectivity index (χ3v) is 1.48. The Kier molecular flexibility index (Phi) is 5.28. The maximum absolute atomic E-state index is 11.1. The second-order valence-corrected chi connectivity index (χ2v) is 2.43. The van der Waals surface area contributed by atoms with Crippen molar-refractivity contribution in [3.8, 4) is 0 Å². The molecule has 1 unspecified atom stereocenters. The first-order valence-corrected chi connectivity index (χ1v) is 3.97. The van der Waals surface area contributed by atoms with E-state index in [0.717, 1.165) is 0 Å². The van der Waals surface area contributed by atoms with Gasteiger partial charge in [-0.1, -0.05) is 0 Å². The Labute approximate surface area is 77.2 Å². The molecule has 0 rings (SSSR count). The van der Waals surface area contributed by atoms with Gasteiger partial charge in [0.15, 0.2) is 0 Å². The highest BCUT2D eigenvalue weighted by atomic mass is 16.5. The van der Waals surface area contributed by atoms with Gasteiger partial charge in [-0.15, -0.1) is 0 Å². The predicted octanol–water partition coefficient (Wildman–Crippen LogP) is 0.411. The Morgan fingerprint density at radius 1 is 1.77 bits per heavy atom. The average Bonchev–Trinajstić information content (AvgIpc) is 2.05. The van der Waals surface area contributed by atoms with Crippen LogP contribution in [0.5, 0.6) is 0 Å². The number of nitrogens with zero attached hydrogens (tertiary/aromatic N) is 1. The highest BCUT2D eigenvalue weighted by Crippen LogP contribution is 2.05. The fraction of sp³-hybridized carbons (Fsp3) is 0.625. The Morgan fingerprint density at radius 3 is 2.77 bits per heavy atom. The van der Waals surface area contributed by atoms with Crippen LogP contribution in [0.3, 0.4) is 0 Å². The van der Waals surface area contributed by atoms with Crippen LogP contribution in [0, 0.1) is 17.9 Å². The first kappa shape index (κ1) is 11.4. The Bertz CT molecular complexity index is 232. The Hall–Kier alpha value is -1.57. The van der Waals surface area contributed by atoms with Crippen molar-refractivity contribution in [1.82, 2.24) is 0 Å². The van der Waals surface area contributed by atoms with Crippen molar-refractivity contribution in [1.29, 1.82) is 5.41 Å². The number of ether oxygens (including phenoxy) is 1. The fourth-order valence-corrected chi connectivity index (χ4v) is 0.837. The van der Waals surface area contributed by atoms with E-state index in [4.69, 9.17) is 22.5 Å². The molecule has 5 heteroatoms. The van der Waals surface area contributed by atoms with Crippen molar-refractivity contribution >= 4 is 11.8 Å². The third-order valence-electron chi connectivity index (χ3n) is 1.48. The largest absolute Gasteiger partial charge is 0.465 e. The van der Waals surface area contributed by atoms with Gasteiger partial charge in [-0.3, -0.25) is 10.2 Å². The van der Waals surface area contributed by atoms with Crippen molar-refractivity contribution in [2.45, 2.75) is 13.3 Å². The molecule has 13 heavy (non-hydrogen) atoms. The van der Waals surface area contributed by atoms with Crippen LogP contribution in [0.1, 0.15) is 13.3 Å². The lowest BCUT2D eigenvalue weighted by atomic mass is 10.1. The van der Waals surface area contributed by atoms with Crippen LogP contribution in [0.4, 0.5) is 0 Å². The van der Waals surface area contributed by atoms with Crippen molar-refractivity contribution < 1.29 is 9.53 Å². The molecular weight excluding hydrogens is 170 g/mol. The summed E-state index contributed by atoms with van der Waals surface area (Å²) in [6.45, 7) is 8.67. The molecule has 0 aromatic heterocycles. The predicted molar refractivity (Wildman–Crippen MR) is 48.1 cm³/mol. The second-order valence-electron chi connectivity index (χ2n) is 2.43. The van der Waals surface area contributed by atoms with E-state index in [-0.39, 0.29) is 25.4 Å². The minimum Gasteiger partial charge on any atom is -0.465 e. The molecule has 3 N–H and O–H groups in total. The molecule has 0 fully saturated rings. The van der Waals surface area contributed by atoms with Gasteiger partial charge in [0.2, 0.25) is 6.54 Å². The smallest absolute Gasteiger partial charge is 0.316 e. The fourth-order valence-electron chi connectivity index (χ4n) is 0.837. The van der Waals surface area contributed by atoms with Crippen molar-refractivity contribution in [3.05, 3.63) is 11.4 Å². The first-order chi connectivity index (χ1) is 6.13. The lowest BCUT2D eigenvalue weighted by Gasteiger charge is -2.10. The molecule has 0 saturated carbocycles. The quantitative estimate of drug-likeness (QED) is 0.280. The summed E-state index contributed by atoms with van der Waals surface area (Å²) in [6.07, 6.45) is 0.262. The highest BCUT2D eigenvalue weighted by Gasteiger charge is 2.23. The van der Waals surface area contributed by atoms with Gasteiger partial charge < -0.3 is 15.3 Å². The summed E-state index contributed by atoms with van der Waals surface area (Å²) in [7, 11) is 0. The summed E-state index contributed by atoms with van der Waals surface area (Å²) >= 11 is 0. The molecule has 0 heterocycles. The zero-order valence-corrected chi connectivity index (χ0v) is 7.54. The van der Waals surface area contributed by atoms with Crippen LogP contribution in [-0.2, 0) is 9.53 Å². The lowest BCUT2D eigenvalue weighted by Crippen LogP contribution is -2.31. The van der Waals surface area contributed by atoms with Crippen LogP contribution >= 0.6 is 0 Å². The molecule has 0 bridgehead atoms. The molecule has 0 spiro atoms. The van der Waals surface area contributed by atoms with Crippen molar-refractivity contribution in [2.24, 2.45) is 11.7 Å². The summed E-state index contributed by atoms with van der Waals surface area (Å²) in [6, 6.07) is 0. The average molecular weight is 183 g/mol. The maximum atomic E-state index is 11.1. The number of nitrogens with one attached hydrogen (secondary N) is 1. The van der Waals surface area contributed by atoms with E-state index in [1.807, 2.05) is 0 Å². The van der Waals surface area contributed by atoms with E-state index in [2.05, 4.69) is 4.85 Å². The number of rotatable bonds is 5. The van der Waals surface area contributed by atoms with Gasteiger partial charge in [0, 0.05) is 6.42 Å². The SMILES string of the molecule is [C-]#[N+]CCC(C(=N)N)C(=O)OCC. The van der Waals surface area contributed by atoms with Gasteiger partial charge >= 0.3 is 5.97 Å². The number of amidine groups is 1. The van der Waals surface area contributed by atoms with Crippen LogP contribution in [0.2, 0.25) is 0 Å². The normalized spacial score (nSPS) is 11.4. The first-order valence-electron chi connectivity index (χ1n) is 3.97. The summed E-state index contributed by atoms with van der Waals surface area (Å²) in [5.41, 5.74) is 5.19. The van der Waals surface area contributed by atoms with Gasteiger partial charge in [0.05, 0.1) is 6.61 Å². The molecule has 0 radical (unpaired) electrons. The maximum Gasteiger partial charge on any atom is 0.316 e. The van der Waals surface area contributed by atoms with Crippen molar-refractivity contribution in [2.75, 3.05) is 13.2 Å². The Morgan fingerprint density at radius 2 is 2.38 bits per heavy atom. The van der Waals surface area contributed by atoms with Crippen LogP contribution in [0.25, 0.3) is 4.85 Å². The summed E-state index contributed by atoms with van der Waals surface area (Å²) in [4.78, 5) is 14.2. The van der Waals surface area contributed by atoms with E-state index in [0.29, 0.717) is 0 Å². The number of carbonyl (C=O) groups excluding carboxylic acids is 1. The molecule has 0 aliphatic carbocycles. The third kappa shape index (κ3) is 4.11. The van der Waals surface area contributed by atoms with E-state index in [9.17, 15) is 4.79 Å². The van der Waals surface area contributed by atoms with Crippen LogP contribution in [0.15, 0.2) is 0 Å². The number of carbonyl (C=O) groups is 1. The molecule has 0 aliphatic rings. The second kappa shape index (κ2) is 6.00. The van der Waals surface area contributed by atoms with E-state index < -0.39 is 11.9 Å². The molecule has 72 valence electrons. The minimum atomic E-state index is -0.756. The topological polar surface area (TPSA) is 80.5 Å². The number of esters is 1.